The molecule has 3 aliphatic heterocycles. The fraction of sp³-hybridized carbons (Fsp3) is 0.385. The number of urea groups is 1. The maximum absolute atomic E-state index is 13.8. The van der Waals surface area contributed by atoms with Crippen LogP contribution in [0.4, 0.5) is 4.79 Å². The molecule has 33 heavy (non-hydrogen) atoms. The molecule has 1 aromatic heterocycles. The third-order valence-corrected chi connectivity index (χ3v) is 7.82. The van der Waals surface area contributed by atoms with E-state index in [1.165, 1.54) is 17.7 Å². The molecule has 2 unspecified atom stereocenters. The van der Waals surface area contributed by atoms with Crippen molar-refractivity contribution in [2.45, 2.75) is 37.8 Å². The summed E-state index contributed by atoms with van der Waals surface area (Å²) in [6.07, 6.45) is 2.84. The van der Waals surface area contributed by atoms with Gasteiger partial charge in [0.2, 0.25) is 0 Å². The van der Waals surface area contributed by atoms with Crippen LogP contribution in [0.2, 0.25) is 5.02 Å². The van der Waals surface area contributed by atoms with Crippen molar-refractivity contribution >= 4 is 34.4 Å². The highest BCUT2D eigenvalue weighted by Crippen LogP contribution is 2.48. The van der Waals surface area contributed by atoms with Crippen molar-refractivity contribution in [1.82, 2.24) is 19.7 Å². The quantitative estimate of drug-likeness (QED) is 0.577. The van der Waals surface area contributed by atoms with Gasteiger partial charge in [0.05, 0.1) is 0 Å². The minimum atomic E-state index is -0.937. The van der Waals surface area contributed by atoms with E-state index in [0.717, 1.165) is 47.4 Å². The number of carbonyl (C=O) groups excluding carboxylic acids is 2. The van der Waals surface area contributed by atoms with Crippen molar-refractivity contribution in [2.75, 3.05) is 26.2 Å². The monoisotopic (exact) mass is 462 g/mol. The number of aromatic amines is 1. The van der Waals surface area contributed by atoms with Crippen molar-refractivity contribution in [2.24, 2.45) is 0 Å². The second kappa shape index (κ2) is 7.61. The second-order valence-corrected chi connectivity index (χ2v) is 10.1. The fourth-order valence-electron chi connectivity index (χ4n) is 5.91. The molecule has 0 bridgehead atoms. The smallest absolute Gasteiger partial charge is 0.328 e. The van der Waals surface area contributed by atoms with Crippen molar-refractivity contribution in [3.8, 4) is 0 Å². The molecule has 0 spiro atoms. The van der Waals surface area contributed by atoms with Crippen LogP contribution in [-0.4, -0.2) is 63.3 Å². The van der Waals surface area contributed by atoms with Gasteiger partial charge in [-0.05, 0) is 62.2 Å². The van der Waals surface area contributed by atoms with Gasteiger partial charge in [-0.2, -0.15) is 0 Å². The average molecular weight is 463 g/mol. The van der Waals surface area contributed by atoms with Crippen LogP contribution >= 0.6 is 11.6 Å². The molecular weight excluding hydrogens is 436 g/mol. The number of nitrogens with one attached hydrogen (secondary N) is 1. The number of H-pyrrole nitrogens is 1. The Balaban J connectivity index is 1.46. The molecular formula is C26H27ClN4O2. The molecule has 6 rings (SSSR count). The van der Waals surface area contributed by atoms with Gasteiger partial charge >= 0.3 is 6.03 Å². The van der Waals surface area contributed by atoms with Gasteiger partial charge in [-0.3, -0.25) is 14.6 Å². The Morgan fingerprint density at radius 2 is 1.82 bits per heavy atom. The first-order valence-corrected chi connectivity index (χ1v) is 12.1. The zero-order valence-electron chi connectivity index (χ0n) is 18.7. The molecule has 0 aliphatic carbocycles. The van der Waals surface area contributed by atoms with Crippen LogP contribution in [0.25, 0.3) is 10.9 Å². The van der Waals surface area contributed by atoms with Gasteiger partial charge in [-0.1, -0.05) is 41.9 Å². The van der Waals surface area contributed by atoms with E-state index >= 15 is 0 Å². The molecule has 2 atom stereocenters. The van der Waals surface area contributed by atoms with E-state index in [0.29, 0.717) is 18.0 Å². The Bertz CT molecular complexity index is 1250. The summed E-state index contributed by atoms with van der Waals surface area (Å²) in [5.41, 5.74) is 3.07. The first-order chi connectivity index (χ1) is 16.0. The normalized spacial score (nSPS) is 25.2. The zero-order chi connectivity index (χ0) is 22.7. The lowest BCUT2D eigenvalue weighted by Crippen LogP contribution is -2.53. The average Bonchev–Trinajstić information content (AvgIpc) is 3.50. The minimum Gasteiger partial charge on any atom is -0.356 e. The molecule has 6 nitrogen and oxygen atoms in total. The van der Waals surface area contributed by atoms with Gasteiger partial charge in [0, 0.05) is 41.1 Å². The number of rotatable bonds is 4. The first-order valence-electron chi connectivity index (χ1n) is 11.7. The summed E-state index contributed by atoms with van der Waals surface area (Å²) in [6.45, 7) is 5.18. The van der Waals surface area contributed by atoms with E-state index < -0.39 is 5.54 Å². The van der Waals surface area contributed by atoms with Crippen LogP contribution in [0.5, 0.6) is 0 Å². The SMILES string of the molecule is CC12Cc3c([nH]c4ccc(Cl)cc34)C(c3ccccc3)N1C(=O)N(CCN1CCCC1)C2=O. The molecule has 170 valence electrons. The molecule has 3 aliphatic rings. The Morgan fingerprint density at radius 3 is 2.58 bits per heavy atom. The topological polar surface area (TPSA) is 59.7 Å². The number of amides is 3. The maximum atomic E-state index is 13.8. The molecule has 0 radical (unpaired) electrons. The zero-order valence-corrected chi connectivity index (χ0v) is 19.4. The van der Waals surface area contributed by atoms with E-state index in [1.807, 2.05) is 60.4 Å². The number of aromatic nitrogens is 1. The molecule has 4 heterocycles. The van der Waals surface area contributed by atoms with Crippen LogP contribution in [0.15, 0.2) is 48.5 Å². The van der Waals surface area contributed by atoms with E-state index in [1.54, 1.807) is 0 Å². The first kappa shape index (κ1) is 20.8. The van der Waals surface area contributed by atoms with Crippen molar-refractivity contribution < 1.29 is 9.59 Å². The lowest BCUT2D eigenvalue weighted by Gasteiger charge is -2.42. The highest BCUT2D eigenvalue weighted by molar-refractivity contribution is 6.31. The number of likely N-dealkylation sites (tertiary alicyclic amines) is 1. The molecule has 1 N–H and O–H groups in total. The number of halogens is 1. The predicted molar refractivity (Wildman–Crippen MR) is 128 cm³/mol. The molecule has 2 aromatic carbocycles. The molecule has 3 amide bonds. The standard InChI is InChI=1S/C26H27ClN4O2/c1-26-16-20-19-15-18(27)9-10-21(19)28-22(20)23(17-7-3-2-4-8-17)31(26)25(33)30(24(26)32)14-13-29-11-5-6-12-29/h2-4,7-10,15,23,28H,5-6,11-14,16H2,1H3. The van der Waals surface area contributed by atoms with Gasteiger partial charge < -0.3 is 9.88 Å². The summed E-state index contributed by atoms with van der Waals surface area (Å²) in [5, 5.41) is 1.68. The second-order valence-electron chi connectivity index (χ2n) is 9.63. The fourth-order valence-corrected chi connectivity index (χ4v) is 6.08. The number of hydrogen-bond donors (Lipinski definition) is 1. The van der Waals surface area contributed by atoms with Crippen LogP contribution < -0.4 is 0 Å². The Kier molecular flexibility index (Phi) is 4.78. The van der Waals surface area contributed by atoms with Gasteiger partial charge in [0.25, 0.3) is 5.91 Å². The highest BCUT2D eigenvalue weighted by atomic mass is 35.5. The summed E-state index contributed by atoms with van der Waals surface area (Å²) in [4.78, 5) is 36.8. The molecule has 2 fully saturated rings. The highest BCUT2D eigenvalue weighted by Gasteiger charge is 2.60. The van der Waals surface area contributed by atoms with Gasteiger partial charge in [0.1, 0.15) is 11.6 Å². The molecule has 3 aromatic rings. The summed E-state index contributed by atoms with van der Waals surface area (Å²) in [6, 6.07) is 15.2. The number of fused-ring (bicyclic) bond motifs is 4. The van der Waals surface area contributed by atoms with Gasteiger partial charge in [-0.25, -0.2) is 4.79 Å². The minimum absolute atomic E-state index is 0.102. The number of benzene rings is 2. The number of nitrogens with zero attached hydrogens (tertiary/aromatic N) is 3. The summed E-state index contributed by atoms with van der Waals surface area (Å²) in [7, 11) is 0. The van der Waals surface area contributed by atoms with Crippen molar-refractivity contribution in [3.05, 3.63) is 70.4 Å². The van der Waals surface area contributed by atoms with E-state index in [9.17, 15) is 9.59 Å². The number of carbonyl (C=O) groups is 2. The van der Waals surface area contributed by atoms with Crippen LogP contribution in [0.1, 0.15) is 42.6 Å². The summed E-state index contributed by atoms with van der Waals surface area (Å²) < 4.78 is 0. The van der Waals surface area contributed by atoms with Crippen LogP contribution in [-0.2, 0) is 11.2 Å². The Morgan fingerprint density at radius 1 is 1.06 bits per heavy atom. The Hall–Kier alpha value is -2.83. The lowest BCUT2D eigenvalue weighted by molar-refractivity contribution is -0.133. The van der Waals surface area contributed by atoms with E-state index in [-0.39, 0.29) is 18.0 Å². The third kappa shape index (κ3) is 3.11. The van der Waals surface area contributed by atoms with Crippen molar-refractivity contribution in [1.29, 1.82) is 0 Å². The lowest BCUT2D eigenvalue weighted by atomic mass is 9.81. The van der Waals surface area contributed by atoms with E-state index in [2.05, 4.69) is 9.88 Å². The number of imide groups is 1. The molecule has 0 saturated carbocycles. The van der Waals surface area contributed by atoms with Crippen molar-refractivity contribution in [3.63, 3.8) is 0 Å². The Labute approximate surface area is 198 Å². The van der Waals surface area contributed by atoms with Gasteiger partial charge in [0.15, 0.2) is 0 Å². The summed E-state index contributed by atoms with van der Waals surface area (Å²) in [5.74, 6) is -0.102. The predicted octanol–water partition coefficient (Wildman–Crippen LogP) is 4.59. The van der Waals surface area contributed by atoms with Crippen LogP contribution in [0.3, 0.4) is 0 Å². The maximum Gasteiger partial charge on any atom is 0.328 e. The molecule has 2 saturated heterocycles. The third-order valence-electron chi connectivity index (χ3n) is 7.58. The largest absolute Gasteiger partial charge is 0.356 e. The van der Waals surface area contributed by atoms with E-state index in [4.69, 9.17) is 11.6 Å². The van der Waals surface area contributed by atoms with Gasteiger partial charge in [-0.15, -0.1) is 0 Å². The number of hydrogen-bond acceptors (Lipinski definition) is 3. The van der Waals surface area contributed by atoms with Crippen LogP contribution in [0, 0.1) is 0 Å². The molecule has 7 heteroatoms. The summed E-state index contributed by atoms with van der Waals surface area (Å²) >= 11 is 6.34.